The van der Waals surface area contributed by atoms with Crippen molar-refractivity contribution in [2.45, 2.75) is 51.5 Å². The second kappa shape index (κ2) is 6.02. The van der Waals surface area contributed by atoms with E-state index in [0.717, 1.165) is 18.8 Å². The van der Waals surface area contributed by atoms with Gasteiger partial charge in [-0.3, -0.25) is 4.79 Å². The normalized spacial score (nSPS) is 27.3. The van der Waals surface area contributed by atoms with E-state index in [-0.39, 0.29) is 12.5 Å². The first-order valence-corrected chi connectivity index (χ1v) is 5.75. The minimum Gasteiger partial charge on any atom is -0.352 e. The monoisotopic (exact) mass is 198 g/mol. The summed E-state index contributed by atoms with van der Waals surface area (Å²) >= 11 is 0. The fraction of sp³-hybridized carbons (Fsp3) is 0.909. The lowest BCUT2D eigenvalue weighted by molar-refractivity contribution is -0.120. The van der Waals surface area contributed by atoms with Crippen LogP contribution in [0.25, 0.3) is 0 Å². The summed E-state index contributed by atoms with van der Waals surface area (Å²) < 4.78 is 0. The molecule has 3 nitrogen and oxygen atoms in total. The average molecular weight is 198 g/mol. The highest BCUT2D eigenvalue weighted by Gasteiger charge is 2.21. The van der Waals surface area contributed by atoms with E-state index in [1.165, 1.54) is 25.7 Å². The predicted octanol–water partition coefficient (Wildman–Crippen LogP) is 1.42. The van der Waals surface area contributed by atoms with Gasteiger partial charge in [-0.05, 0) is 31.6 Å². The van der Waals surface area contributed by atoms with Crippen molar-refractivity contribution in [2.24, 2.45) is 11.7 Å². The van der Waals surface area contributed by atoms with Crippen LogP contribution in [0.5, 0.6) is 0 Å². The van der Waals surface area contributed by atoms with E-state index in [1.54, 1.807) is 0 Å². The molecule has 0 heterocycles. The van der Waals surface area contributed by atoms with Gasteiger partial charge in [0.05, 0.1) is 6.54 Å². The van der Waals surface area contributed by atoms with Gasteiger partial charge in [-0.15, -0.1) is 0 Å². The molecule has 82 valence electrons. The Balaban J connectivity index is 2.18. The lowest BCUT2D eigenvalue weighted by Crippen LogP contribution is -2.40. The highest BCUT2D eigenvalue weighted by molar-refractivity contribution is 5.78. The van der Waals surface area contributed by atoms with Crippen molar-refractivity contribution in [3.8, 4) is 0 Å². The highest BCUT2D eigenvalue weighted by atomic mass is 16.1. The van der Waals surface area contributed by atoms with E-state index < -0.39 is 0 Å². The molecule has 3 N–H and O–H groups in total. The Kier molecular flexibility index (Phi) is 4.94. The average Bonchev–Trinajstić information content (AvgIpc) is 2.21. The minimum atomic E-state index is -0.0102. The Morgan fingerprint density at radius 2 is 2.00 bits per heavy atom. The molecule has 0 aromatic rings. The number of nitrogens with two attached hydrogens (primary N) is 1. The third-order valence-corrected chi connectivity index (χ3v) is 3.09. The molecule has 0 unspecified atom stereocenters. The summed E-state index contributed by atoms with van der Waals surface area (Å²) in [4.78, 5) is 11.1. The van der Waals surface area contributed by atoms with Crippen molar-refractivity contribution < 1.29 is 4.79 Å². The molecule has 3 heteroatoms. The standard InChI is InChI=1S/C11H22N2O/c1-2-3-9-4-6-10(7-5-9)13-11(14)8-12/h9-10H,2-8,12H2,1H3,(H,13,14). The molecule has 0 aliphatic heterocycles. The number of carbonyl (C=O) groups is 1. The molecule has 1 aliphatic rings. The van der Waals surface area contributed by atoms with Crippen molar-refractivity contribution in [3.63, 3.8) is 0 Å². The number of hydrogen-bond donors (Lipinski definition) is 2. The lowest BCUT2D eigenvalue weighted by Gasteiger charge is -2.28. The molecule has 1 rings (SSSR count). The van der Waals surface area contributed by atoms with Gasteiger partial charge in [0.1, 0.15) is 0 Å². The van der Waals surface area contributed by atoms with Crippen LogP contribution in [-0.2, 0) is 4.79 Å². The maximum absolute atomic E-state index is 11.1. The Bertz CT molecular complexity index is 174. The second-order valence-corrected chi connectivity index (χ2v) is 4.28. The van der Waals surface area contributed by atoms with Crippen LogP contribution < -0.4 is 11.1 Å². The number of carbonyl (C=O) groups excluding carboxylic acids is 1. The molecule has 0 aromatic carbocycles. The van der Waals surface area contributed by atoms with Crippen LogP contribution in [0.3, 0.4) is 0 Å². The van der Waals surface area contributed by atoms with Crippen molar-refractivity contribution >= 4 is 5.91 Å². The van der Waals surface area contributed by atoms with Gasteiger partial charge in [0, 0.05) is 6.04 Å². The summed E-state index contributed by atoms with van der Waals surface area (Å²) in [6, 6.07) is 0.388. The Labute approximate surface area is 86.4 Å². The van der Waals surface area contributed by atoms with Crippen molar-refractivity contribution in [3.05, 3.63) is 0 Å². The topological polar surface area (TPSA) is 55.1 Å². The second-order valence-electron chi connectivity index (χ2n) is 4.28. The lowest BCUT2D eigenvalue weighted by atomic mass is 9.83. The van der Waals surface area contributed by atoms with Crippen molar-refractivity contribution in [1.82, 2.24) is 5.32 Å². The summed E-state index contributed by atoms with van der Waals surface area (Å²) in [7, 11) is 0. The Hall–Kier alpha value is -0.570. The summed E-state index contributed by atoms with van der Waals surface area (Å²) in [5, 5.41) is 2.97. The van der Waals surface area contributed by atoms with E-state index in [4.69, 9.17) is 5.73 Å². The minimum absolute atomic E-state index is 0.0102. The zero-order valence-electron chi connectivity index (χ0n) is 9.09. The van der Waals surface area contributed by atoms with Gasteiger partial charge in [-0.2, -0.15) is 0 Å². The number of amides is 1. The maximum atomic E-state index is 11.1. The molecule has 0 saturated heterocycles. The van der Waals surface area contributed by atoms with Crippen LogP contribution in [0.1, 0.15) is 45.4 Å². The number of hydrogen-bond acceptors (Lipinski definition) is 2. The molecule has 0 radical (unpaired) electrons. The van der Waals surface area contributed by atoms with Crippen molar-refractivity contribution in [1.29, 1.82) is 0 Å². The van der Waals surface area contributed by atoms with Crippen LogP contribution in [0.4, 0.5) is 0 Å². The smallest absolute Gasteiger partial charge is 0.233 e. The third-order valence-electron chi connectivity index (χ3n) is 3.09. The molecule has 0 aromatic heterocycles. The molecule has 1 amide bonds. The van der Waals surface area contributed by atoms with Gasteiger partial charge in [-0.1, -0.05) is 19.8 Å². The summed E-state index contributed by atoms with van der Waals surface area (Å²) in [5.74, 6) is 0.884. The van der Waals surface area contributed by atoms with Crippen molar-refractivity contribution in [2.75, 3.05) is 6.54 Å². The largest absolute Gasteiger partial charge is 0.352 e. The third kappa shape index (κ3) is 3.66. The molecule has 14 heavy (non-hydrogen) atoms. The quantitative estimate of drug-likeness (QED) is 0.718. The fourth-order valence-corrected chi connectivity index (χ4v) is 2.29. The molecule has 1 fully saturated rings. The van der Waals surface area contributed by atoms with Crippen LogP contribution >= 0.6 is 0 Å². The number of nitrogens with one attached hydrogen (secondary N) is 1. The van der Waals surface area contributed by atoms with E-state index in [2.05, 4.69) is 12.2 Å². The highest BCUT2D eigenvalue weighted by Crippen LogP contribution is 2.27. The maximum Gasteiger partial charge on any atom is 0.233 e. The Morgan fingerprint density at radius 1 is 1.36 bits per heavy atom. The van der Waals surface area contributed by atoms with Gasteiger partial charge in [0.2, 0.25) is 5.91 Å². The van der Waals surface area contributed by atoms with Gasteiger partial charge in [-0.25, -0.2) is 0 Å². The zero-order valence-corrected chi connectivity index (χ0v) is 9.09. The summed E-state index contributed by atoms with van der Waals surface area (Å²) in [6.07, 6.45) is 7.43. The van der Waals surface area contributed by atoms with Crippen LogP contribution in [0, 0.1) is 5.92 Å². The summed E-state index contributed by atoms with van der Waals surface area (Å²) in [6.45, 7) is 2.36. The fourth-order valence-electron chi connectivity index (χ4n) is 2.29. The first kappa shape index (κ1) is 11.5. The van der Waals surface area contributed by atoms with Gasteiger partial charge < -0.3 is 11.1 Å². The zero-order chi connectivity index (χ0) is 10.4. The SMILES string of the molecule is CCCC1CCC(NC(=O)CN)CC1. The predicted molar refractivity (Wildman–Crippen MR) is 57.9 cm³/mol. The molecule has 0 bridgehead atoms. The van der Waals surface area contributed by atoms with Gasteiger partial charge in [0.15, 0.2) is 0 Å². The Morgan fingerprint density at radius 3 is 2.50 bits per heavy atom. The molecular weight excluding hydrogens is 176 g/mol. The molecule has 1 aliphatic carbocycles. The van der Waals surface area contributed by atoms with E-state index in [1.807, 2.05) is 0 Å². The van der Waals surface area contributed by atoms with Gasteiger partial charge in [0.25, 0.3) is 0 Å². The number of rotatable bonds is 4. The molecular formula is C11H22N2O. The molecule has 0 spiro atoms. The first-order valence-electron chi connectivity index (χ1n) is 5.75. The van der Waals surface area contributed by atoms with E-state index in [0.29, 0.717) is 6.04 Å². The van der Waals surface area contributed by atoms with Crippen LogP contribution in [0.15, 0.2) is 0 Å². The van der Waals surface area contributed by atoms with Crippen LogP contribution in [-0.4, -0.2) is 18.5 Å². The molecule has 1 saturated carbocycles. The molecule has 0 atom stereocenters. The van der Waals surface area contributed by atoms with E-state index >= 15 is 0 Å². The first-order chi connectivity index (χ1) is 6.76. The van der Waals surface area contributed by atoms with Crippen LogP contribution in [0.2, 0.25) is 0 Å². The van der Waals surface area contributed by atoms with Gasteiger partial charge >= 0.3 is 0 Å². The van der Waals surface area contributed by atoms with E-state index in [9.17, 15) is 4.79 Å². The summed E-state index contributed by atoms with van der Waals surface area (Å²) in [5.41, 5.74) is 5.25.